The van der Waals surface area contributed by atoms with Crippen LogP contribution in [0.5, 0.6) is 5.75 Å². The Bertz CT molecular complexity index is 830. The van der Waals surface area contributed by atoms with Crippen LogP contribution in [-0.4, -0.2) is 36.2 Å². The number of hydrogen-bond acceptors (Lipinski definition) is 3. The fourth-order valence-electron chi connectivity index (χ4n) is 3.46. The maximum absolute atomic E-state index is 13.0. The molecule has 2 saturated heterocycles. The molecule has 0 aliphatic carbocycles. The lowest BCUT2D eigenvalue weighted by atomic mass is 10.1. The van der Waals surface area contributed by atoms with Gasteiger partial charge in [0.2, 0.25) is 0 Å². The van der Waals surface area contributed by atoms with E-state index >= 15 is 0 Å². The number of halogens is 2. The molecular weight excluding hydrogens is 361 g/mol. The first kappa shape index (κ1) is 16.5. The van der Waals surface area contributed by atoms with Crippen LogP contribution in [0.4, 0.5) is 10.5 Å². The van der Waals surface area contributed by atoms with Crippen LogP contribution in [0, 0.1) is 0 Å². The molecule has 0 bridgehead atoms. The molecule has 0 radical (unpaired) electrons. The number of hydrogen-bond donors (Lipinski definition) is 0. The topological polar surface area (TPSA) is 36.0 Å². The van der Waals surface area contributed by atoms with Gasteiger partial charge in [-0.15, -0.1) is 0 Å². The van der Waals surface area contributed by atoms with Crippen molar-refractivity contribution >= 4 is 34.9 Å². The van der Waals surface area contributed by atoms with Crippen molar-refractivity contribution in [2.75, 3.05) is 25.1 Å². The Hall–Kier alpha value is -1.95. The van der Waals surface area contributed by atoms with Gasteiger partial charge in [0.05, 0.1) is 17.2 Å². The van der Waals surface area contributed by atoms with Crippen LogP contribution in [0.1, 0.15) is 18.2 Å². The molecule has 5 nitrogen and oxygen atoms in total. The maximum Gasteiger partial charge on any atom is 0.340 e. The van der Waals surface area contributed by atoms with Gasteiger partial charge in [-0.25, -0.2) is 4.79 Å². The summed E-state index contributed by atoms with van der Waals surface area (Å²) < 4.78 is 5.35. The van der Waals surface area contributed by atoms with Gasteiger partial charge in [-0.05, 0) is 42.3 Å². The van der Waals surface area contributed by atoms with Crippen LogP contribution in [0.2, 0.25) is 10.0 Å². The SMILES string of the molecule is COc1cccc(C2N(c3ccc(Cl)c(Cl)c3)C(=O)N3CCCN23)c1. The molecule has 0 saturated carbocycles. The maximum atomic E-state index is 13.0. The van der Waals surface area contributed by atoms with Crippen molar-refractivity contribution in [3.63, 3.8) is 0 Å². The number of nitrogens with zero attached hydrogens (tertiary/aromatic N) is 3. The normalized spacial score (nSPS) is 20.3. The van der Waals surface area contributed by atoms with Gasteiger partial charge in [-0.2, -0.15) is 5.01 Å². The molecule has 1 atom stereocenters. The molecule has 2 aromatic rings. The largest absolute Gasteiger partial charge is 0.497 e. The second-order valence-corrected chi connectivity index (χ2v) is 6.86. The molecule has 2 aromatic carbocycles. The van der Waals surface area contributed by atoms with E-state index in [9.17, 15) is 4.79 Å². The Morgan fingerprint density at radius 3 is 2.68 bits per heavy atom. The fourth-order valence-corrected chi connectivity index (χ4v) is 3.76. The van der Waals surface area contributed by atoms with E-state index in [2.05, 4.69) is 5.01 Å². The summed E-state index contributed by atoms with van der Waals surface area (Å²) in [6.45, 7) is 1.54. The molecule has 2 aliphatic rings. The molecule has 2 fully saturated rings. The predicted octanol–water partition coefficient (Wildman–Crippen LogP) is 4.56. The lowest BCUT2D eigenvalue weighted by molar-refractivity contribution is 0.0727. The van der Waals surface area contributed by atoms with Gasteiger partial charge in [0.1, 0.15) is 11.9 Å². The zero-order valence-corrected chi connectivity index (χ0v) is 15.2. The van der Waals surface area contributed by atoms with E-state index in [4.69, 9.17) is 27.9 Å². The Balaban J connectivity index is 1.81. The quantitative estimate of drug-likeness (QED) is 0.786. The average molecular weight is 378 g/mol. The van der Waals surface area contributed by atoms with E-state index in [-0.39, 0.29) is 12.2 Å². The predicted molar refractivity (Wildman–Crippen MR) is 98.1 cm³/mol. The number of hydrazine groups is 1. The van der Waals surface area contributed by atoms with Crippen molar-refractivity contribution < 1.29 is 9.53 Å². The molecule has 0 N–H and O–H groups in total. The highest BCUT2D eigenvalue weighted by molar-refractivity contribution is 6.42. The Morgan fingerprint density at radius 1 is 1.08 bits per heavy atom. The van der Waals surface area contributed by atoms with Crippen molar-refractivity contribution in [3.05, 3.63) is 58.1 Å². The standard InChI is InChI=1S/C18H17Cl2N3O2/c1-25-14-5-2-4-12(10-14)17-21-8-3-9-22(21)18(24)23(17)13-6-7-15(19)16(20)11-13/h2,4-7,10-11,17H,3,8-9H2,1H3. The number of urea groups is 1. The molecule has 130 valence electrons. The number of fused-ring (bicyclic) bond motifs is 1. The first-order valence-corrected chi connectivity index (χ1v) is 8.82. The van der Waals surface area contributed by atoms with E-state index in [0.717, 1.165) is 36.5 Å². The zero-order valence-electron chi connectivity index (χ0n) is 13.7. The molecule has 2 aliphatic heterocycles. The van der Waals surface area contributed by atoms with E-state index < -0.39 is 0 Å². The number of benzene rings is 2. The minimum absolute atomic E-state index is 0.0521. The summed E-state index contributed by atoms with van der Waals surface area (Å²) in [4.78, 5) is 14.8. The van der Waals surface area contributed by atoms with Crippen molar-refractivity contribution in [3.8, 4) is 5.75 Å². The molecule has 2 amide bonds. The molecule has 25 heavy (non-hydrogen) atoms. The molecule has 4 rings (SSSR count). The number of carbonyl (C=O) groups is 1. The number of amides is 2. The van der Waals surface area contributed by atoms with Crippen molar-refractivity contribution in [1.82, 2.24) is 10.0 Å². The highest BCUT2D eigenvalue weighted by Gasteiger charge is 2.47. The number of ether oxygens (including phenoxy) is 1. The Kier molecular flexibility index (Phi) is 4.23. The highest BCUT2D eigenvalue weighted by Crippen LogP contribution is 2.42. The van der Waals surface area contributed by atoms with Crippen LogP contribution in [0.3, 0.4) is 0 Å². The first-order valence-electron chi connectivity index (χ1n) is 8.06. The van der Waals surface area contributed by atoms with E-state index in [1.165, 1.54) is 0 Å². The van der Waals surface area contributed by atoms with Crippen LogP contribution >= 0.6 is 23.2 Å². The number of methoxy groups -OCH3 is 1. The Morgan fingerprint density at radius 2 is 1.92 bits per heavy atom. The second-order valence-electron chi connectivity index (χ2n) is 6.04. The van der Waals surface area contributed by atoms with Gasteiger partial charge in [0.25, 0.3) is 0 Å². The van der Waals surface area contributed by atoms with Crippen molar-refractivity contribution in [1.29, 1.82) is 0 Å². The average Bonchev–Trinajstić information content (AvgIpc) is 3.20. The molecule has 0 spiro atoms. The van der Waals surface area contributed by atoms with Gasteiger partial charge in [0, 0.05) is 18.8 Å². The summed E-state index contributed by atoms with van der Waals surface area (Å²) in [6.07, 6.45) is 0.726. The molecule has 1 unspecified atom stereocenters. The second kappa shape index (κ2) is 6.41. The minimum Gasteiger partial charge on any atom is -0.497 e. The minimum atomic E-state index is -0.234. The summed E-state index contributed by atoms with van der Waals surface area (Å²) in [6, 6.07) is 13.0. The van der Waals surface area contributed by atoms with Gasteiger partial charge in [-0.3, -0.25) is 9.91 Å². The molecule has 2 heterocycles. The number of carbonyl (C=O) groups excluding carboxylic acids is 1. The molecule has 0 aromatic heterocycles. The molecule has 7 heteroatoms. The summed E-state index contributed by atoms with van der Waals surface area (Å²) in [7, 11) is 1.64. The summed E-state index contributed by atoms with van der Waals surface area (Å²) in [5, 5.41) is 4.79. The lowest BCUT2D eigenvalue weighted by Gasteiger charge is -2.28. The van der Waals surface area contributed by atoms with Crippen molar-refractivity contribution in [2.45, 2.75) is 12.6 Å². The van der Waals surface area contributed by atoms with Gasteiger partial charge in [-0.1, -0.05) is 35.3 Å². The van der Waals surface area contributed by atoms with Gasteiger partial charge in [0.15, 0.2) is 0 Å². The van der Waals surface area contributed by atoms with E-state index in [0.29, 0.717) is 10.0 Å². The van der Waals surface area contributed by atoms with E-state index in [1.54, 1.807) is 29.2 Å². The van der Waals surface area contributed by atoms with Crippen LogP contribution < -0.4 is 9.64 Å². The number of rotatable bonds is 3. The van der Waals surface area contributed by atoms with E-state index in [1.807, 2.05) is 30.3 Å². The van der Waals surface area contributed by atoms with Gasteiger partial charge >= 0.3 is 6.03 Å². The van der Waals surface area contributed by atoms with Crippen LogP contribution in [0.15, 0.2) is 42.5 Å². The van der Waals surface area contributed by atoms with Crippen LogP contribution in [0.25, 0.3) is 0 Å². The van der Waals surface area contributed by atoms with Crippen LogP contribution in [-0.2, 0) is 0 Å². The monoisotopic (exact) mass is 377 g/mol. The van der Waals surface area contributed by atoms with Gasteiger partial charge < -0.3 is 4.74 Å². The fraction of sp³-hybridized carbons (Fsp3) is 0.278. The summed E-state index contributed by atoms with van der Waals surface area (Å²) in [5.41, 5.74) is 1.71. The smallest absolute Gasteiger partial charge is 0.340 e. The Labute approximate surface area is 156 Å². The third-order valence-electron chi connectivity index (χ3n) is 4.59. The first-order chi connectivity index (χ1) is 12.1. The molecular formula is C18H17Cl2N3O2. The lowest BCUT2D eigenvalue weighted by Crippen LogP contribution is -2.32. The summed E-state index contributed by atoms with van der Waals surface area (Å²) in [5.74, 6) is 0.761. The number of anilines is 1. The third-order valence-corrected chi connectivity index (χ3v) is 5.33. The third kappa shape index (κ3) is 2.72. The zero-order chi connectivity index (χ0) is 17.6. The van der Waals surface area contributed by atoms with Crippen molar-refractivity contribution in [2.24, 2.45) is 0 Å². The highest BCUT2D eigenvalue weighted by atomic mass is 35.5. The summed E-state index contributed by atoms with van der Waals surface area (Å²) >= 11 is 12.2.